The van der Waals surface area contributed by atoms with Crippen LogP contribution in [-0.2, 0) is 11.2 Å². The number of benzene rings is 2. The molecule has 1 N–H and O–H groups in total. The van der Waals surface area contributed by atoms with Crippen LogP contribution in [0.5, 0.6) is 5.75 Å². The van der Waals surface area contributed by atoms with Crippen LogP contribution in [0.2, 0.25) is 0 Å². The first kappa shape index (κ1) is 19.1. The van der Waals surface area contributed by atoms with Crippen molar-refractivity contribution in [1.82, 2.24) is 4.90 Å². The molecule has 0 saturated heterocycles. The molecule has 27 heavy (non-hydrogen) atoms. The fraction of sp³-hybridized carbons (Fsp3) is 0.364. The molecule has 2 aromatic carbocycles. The first-order valence-corrected chi connectivity index (χ1v) is 9.44. The van der Waals surface area contributed by atoms with E-state index in [1.807, 2.05) is 6.07 Å². The second-order valence-corrected chi connectivity index (χ2v) is 6.97. The maximum atomic E-state index is 12.4. The third kappa shape index (κ3) is 5.66. The summed E-state index contributed by atoms with van der Waals surface area (Å²) in [7, 11) is 2.12. The standard InChI is InChI=1S/C22H26N2O3/c1-24(14-12-17-7-3-2-4-8-17)13-6-5-9-20(25)18-10-11-21-19(15-18)23-22(26)16-27-21/h2-4,7-8,10-11,15H,5-6,9,12-14,16H2,1H3,(H,23,26). The summed E-state index contributed by atoms with van der Waals surface area (Å²) in [4.78, 5) is 26.1. The van der Waals surface area contributed by atoms with E-state index in [1.165, 1.54) is 5.56 Å². The van der Waals surface area contributed by atoms with Crippen LogP contribution in [-0.4, -0.2) is 43.3 Å². The average molecular weight is 366 g/mol. The molecule has 1 heterocycles. The molecule has 0 radical (unpaired) electrons. The number of carbonyl (C=O) groups is 2. The Morgan fingerprint density at radius 2 is 1.93 bits per heavy atom. The quantitative estimate of drug-likeness (QED) is 0.545. The number of ketones is 1. The highest BCUT2D eigenvalue weighted by Crippen LogP contribution is 2.29. The Kier molecular flexibility index (Phi) is 6.60. The highest BCUT2D eigenvalue weighted by atomic mass is 16.5. The van der Waals surface area contributed by atoms with Crippen LogP contribution in [0.3, 0.4) is 0 Å². The molecule has 1 aliphatic heterocycles. The number of nitrogens with zero attached hydrogens (tertiary/aromatic N) is 1. The molecule has 0 spiro atoms. The van der Waals surface area contributed by atoms with Gasteiger partial charge in [-0.2, -0.15) is 0 Å². The lowest BCUT2D eigenvalue weighted by Gasteiger charge is -2.18. The summed E-state index contributed by atoms with van der Waals surface area (Å²) in [6.45, 7) is 2.02. The average Bonchev–Trinajstić information content (AvgIpc) is 2.69. The lowest BCUT2D eigenvalue weighted by Crippen LogP contribution is -2.25. The minimum absolute atomic E-state index is 0.0259. The number of amides is 1. The first-order valence-electron chi connectivity index (χ1n) is 9.44. The van der Waals surface area contributed by atoms with Crippen molar-refractivity contribution in [2.24, 2.45) is 0 Å². The summed E-state index contributed by atoms with van der Waals surface area (Å²) >= 11 is 0. The van der Waals surface area contributed by atoms with Crippen molar-refractivity contribution in [1.29, 1.82) is 0 Å². The third-order valence-corrected chi connectivity index (χ3v) is 4.75. The maximum Gasteiger partial charge on any atom is 0.262 e. The molecule has 0 aliphatic carbocycles. The Balaban J connectivity index is 1.38. The normalized spacial score (nSPS) is 13.0. The number of ether oxygens (including phenoxy) is 1. The highest BCUT2D eigenvalue weighted by molar-refractivity contribution is 6.00. The Labute approximate surface area is 160 Å². The fourth-order valence-corrected chi connectivity index (χ4v) is 3.14. The molecule has 0 aromatic heterocycles. The molecule has 0 saturated carbocycles. The van der Waals surface area contributed by atoms with E-state index in [0.29, 0.717) is 23.4 Å². The number of likely N-dealkylation sites (N-methyl/N-ethyl adjacent to an activating group) is 1. The lowest BCUT2D eigenvalue weighted by molar-refractivity contribution is -0.118. The largest absolute Gasteiger partial charge is 0.482 e. The van der Waals surface area contributed by atoms with Gasteiger partial charge in [0.2, 0.25) is 0 Å². The van der Waals surface area contributed by atoms with Crippen LogP contribution in [0.1, 0.15) is 35.2 Å². The van der Waals surface area contributed by atoms with Crippen molar-refractivity contribution in [3.63, 3.8) is 0 Å². The van der Waals surface area contributed by atoms with Crippen LogP contribution in [0.25, 0.3) is 0 Å². The Hall–Kier alpha value is -2.66. The van der Waals surface area contributed by atoms with Gasteiger partial charge in [0.15, 0.2) is 12.4 Å². The molecule has 142 valence electrons. The van der Waals surface area contributed by atoms with E-state index in [4.69, 9.17) is 4.74 Å². The smallest absolute Gasteiger partial charge is 0.262 e. The van der Waals surface area contributed by atoms with Gasteiger partial charge in [-0.3, -0.25) is 9.59 Å². The predicted octanol–water partition coefficient (Wildman–Crippen LogP) is 3.55. The number of hydrogen-bond donors (Lipinski definition) is 1. The molecule has 5 heteroatoms. The zero-order valence-electron chi connectivity index (χ0n) is 15.7. The van der Waals surface area contributed by atoms with Gasteiger partial charge in [0.05, 0.1) is 5.69 Å². The topological polar surface area (TPSA) is 58.6 Å². The molecule has 0 unspecified atom stereocenters. The van der Waals surface area contributed by atoms with Gasteiger partial charge in [-0.05, 0) is 56.6 Å². The molecule has 0 bridgehead atoms. The monoisotopic (exact) mass is 366 g/mol. The Bertz CT molecular complexity index is 789. The summed E-state index contributed by atoms with van der Waals surface area (Å²) < 4.78 is 5.32. The van der Waals surface area contributed by atoms with Gasteiger partial charge >= 0.3 is 0 Å². The van der Waals surface area contributed by atoms with E-state index in [-0.39, 0.29) is 18.3 Å². The van der Waals surface area contributed by atoms with Crippen LogP contribution in [0, 0.1) is 0 Å². The number of nitrogens with one attached hydrogen (secondary N) is 1. The zero-order valence-corrected chi connectivity index (χ0v) is 15.7. The van der Waals surface area contributed by atoms with Crippen molar-refractivity contribution in [3.05, 3.63) is 59.7 Å². The van der Waals surface area contributed by atoms with E-state index in [0.717, 1.165) is 32.4 Å². The van der Waals surface area contributed by atoms with E-state index >= 15 is 0 Å². The molecule has 2 aromatic rings. The summed E-state index contributed by atoms with van der Waals surface area (Å²) in [5.41, 5.74) is 2.55. The van der Waals surface area contributed by atoms with E-state index < -0.39 is 0 Å². The van der Waals surface area contributed by atoms with E-state index in [2.05, 4.69) is 41.5 Å². The minimum Gasteiger partial charge on any atom is -0.482 e. The molecule has 0 fully saturated rings. The lowest BCUT2D eigenvalue weighted by atomic mass is 10.0. The van der Waals surface area contributed by atoms with Crippen molar-refractivity contribution in [2.75, 3.05) is 32.1 Å². The molecular formula is C22H26N2O3. The van der Waals surface area contributed by atoms with Crippen molar-refractivity contribution in [3.8, 4) is 5.75 Å². The summed E-state index contributed by atoms with van der Waals surface area (Å²) in [6.07, 6.45) is 3.40. The second-order valence-electron chi connectivity index (χ2n) is 6.97. The van der Waals surface area contributed by atoms with Crippen LogP contribution < -0.4 is 10.1 Å². The van der Waals surface area contributed by atoms with Crippen molar-refractivity contribution < 1.29 is 14.3 Å². The van der Waals surface area contributed by atoms with Gasteiger partial charge < -0.3 is 15.0 Å². The Morgan fingerprint density at radius 3 is 2.74 bits per heavy atom. The van der Waals surface area contributed by atoms with Gasteiger partial charge in [0.1, 0.15) is 5.75 Å². The van der Waals surface area contributed by atoms with Crippen molar-refractivity contribution >= 4 is 17.4 Å². The predicted molar refractivity (Wildman–Crippen MR) is 106 cm³/mol. The second kappa shape index (κ2) is 9.33. The van der Waals surface area contributed by atoms with Gasteiger partial charge in [0.25, 0.3) is 5.91 Å². The molecular weight excluding hydrogens is 340 g/mol. The molecule has 5 nitrogen and oxygen atoms in total. The summed E-state index contributed by atoms with van der Waals surface area (Å²) in [5.74, 6) is 0.529. The van der Waals surface area contributed by atoms with E-state index in [1.54, 1.807) is 18.2 Å². The number of Topliss-reactive ketones (excluding diaryl/α,β-unsaturated/α-hetero) is 1. The number of hydrogen-bond acceptors (Lipinski definition) is 4. The van der Waals surface area contributed by atoms with Gasteiger partial charge in [-0.1, -0.05) is 30.3 Å². The Morgan fingerprint density at radius 1 is 1.11 bits per heavy atom. The zero-order chi connectivity index (χ0) is 19.1. The number of carbonyl (C=O) groups excluding carboxylic acids is 2. The molecule has 3 rings (SSSR count). The van der Waals surface area contributed by atoms with Gasteiger partial charge in [0, 0.05) is 18.5 Å². The van der Waals surface area contributed by atoms with Crippen LogP contribution in [0.15, 0.2) is 48.5 Å². The maximum absolute atomic E-state index is 12.4. The molecule has 1 amide bonds. The van der Waals surface area contributed by atoms with Crippen LogP contribution >= 0.6 is 0 Å². The number of unbranched alkanes of at least 4 members (excludes halogenated alkanes) is 1. The third-order valence-electron chi connectivity index (χ3n) is 4.75. The minimum atomic E-state index is -0.189. The number of rotatable bonds is 9. The van der Waals surface area contributed by atoms with Gasteiger partial charge in [-0.15, -0.1) is 0 Å². The molecule has 1 aliphatic rings. The van der Waals surface area contributed by atoms with Crippen molar-refractivity contribution in [2.45, 2.75) is 25.7 Å². The summed E-state index contributed by atoms with van der Waals surface area (Å²) in [5, 5.41) is 2.74. The summed E-state index contributed by atoms with van der Waals surface area (Å²) in [6, 6.07) is 15.7. The fourth-order valence-electron chi connectivity index (χ4n) is 3.14. The highest BCUT2D eigenvalue weighted by Gasteiger charge is 2.17. The van der Waals surface area contributed by atoms with Gasteiger partial charge in [-0.25, -0.2) is 0 Å². The first-order chi connectivity index (χ1) is 13.1. The van der Waals surface area contributed by atoms with E-state index in [9.17, 15) is 9.59 Å². The molecule has 0 atom stereocenters. The van der Waals surface area contributed by atoms with Crippen LogP contribution in [0.4, 0.5) is 5.69 Å². The number of anilines is 1. The number of fused-ring (bicyclic) bond motifs is 1. The SMILES string of the molecule is CN(CCCCC(=O)c1ccc2c(c1)NC(=O)CO2)CCc1ccccc1.